The number of benzene rings is 1. The number of carbonyl (C=O) groups is 1. The van der Waals surface area contributed by atoms with Crippen molar-refractivity contribution in [1.29, 1.82) is 0 Å². The van der Waals surface area contributed by atoms with E-state index in [1.54, 1.807) is 0 Å². The normalized spacial score (nSPS) is 12.1. The van der Waals surface area contributed by atoms with Gasteiger partial charge in [-0.3, -0.25) is 4.79 Å². The molecule has 0 saturated heterocycles. The molecule has 5 heteroatoms. The molecule has 1 heterocycles. The van der Waals surface area contributed by atoms with E-state index in [0.29, 0.717) is 18.5 Å². The van der Waals surface area contributed by atoms with Crippen LogP contribution in [-0.2, 0) is 4.79 Å². The minimum atomic E-state index is -0.126. The Kier molecular flexibility index (Phi) is 4.09. The summed E-state index contributed by atoms with van der Waals surface area (Å²) < 4.78 is 4.62. The molecule has 2 rings (SSSR count). The van der Waals surface area contributed by atoms with Crippen molar-refractivity contribution in [2.45, 2.75) is 18.9 Å². The summed E-state index contributed by atoms with van der Waals surface area (Å²) in [5, 5.41) is 6.18. The van der Waals surface area contributed by atoms with E-state index in [4.69, 9.17) is 5.73 Å². The van der Waals surface area contributed by atoms with Gasteiger partial charge in [0.1, 0.15) is 12.0 Å². The zero-order valence-corrected chi connectivity index (χ0v) is 9.87. The molecule has 0 aliphatic carbocycles. The first-order valence-corrected chi connectivity index (χ1v) is 5.75. The van der Waals surface area contributed by atoms with E-state index < -0.39 is 0 Å². The molecule has 5 nitrogen and oxygen atoms in total. The molecule has 2 aromatic rings. The van der Waals surface area contributed by atoms with Gasteiger partial charge >= 0.3 is 0 Å². The summed E-state index contributed by atoms with van der Waals surface area (Å²) in [7, 11) is 0. The van der Waals surface area contributed by atoms with E-state index in [-0.39, 0.29) is 11.9 Å². The Morgan fingerprint density at radius 3 is 2.83 bits per heavy atom. The lowest BCUT2D eigenvalue weighted by Crippen LogP contribution is -2.16. The number of hydrogen-bond donors (Lipinski definition) is 2. The second kappa shape index (κ2) is 5.97. The summed E-state index contributed by atoms with van der Waals surface area (Å²) in [5.41, 5.74) is 7.61. The van der Waals surface area contributed by atoms with Crippen LogP contribution in [0.3, 0.4) is 0 Å². The molecule has 1 unspecified atom stereocenters. The first-order chi connectivity index (χ1) is 8.75. The molecule has 18 heavy (non-hydrogen) atoms. The highest BCUT2D eigenvalue weighted by atomic mass is 16.5. The lowest BCUT2D eigenvalue weighted by atomic mass is 10.0. The Hall–Kier alpha value is -2.14. The van der Waals surface area contributed by atoms with Crippen molar-refractivity contribution in [3.8, 4) is 0 Å². The highest BCUT2D eigenvalue weighted by molar-refractivity contribution is 5.90. The molecule has 3 N–H and O–H groups in total. The molecule has 1 amide bonds. The molecule has 1 aromatic heterocycles. The van der Waals surface area contributed by atoms with E-state index >= 15 is 0 Å². The Labute approximate surface area is 105 Å². The van der Waals surface area contributed by atoms with Gasteiger partial charge in [0.15, 0.2) is 0 Å². The second-order valence-corrected chi connectivity index (χ2v) is 4.02. The van der Waals surface area contributed by atoms with Crippen LogP contribution in [0.4, 0.5) is 5.69 Å². The third-order valence-electron chi connectivity index (χ3n) is 2.63. The summed E-state index contributed by atoms with van der Waals surface area (Å²) in [5.74, 6) is -0.0930. The van der Waals surface area contributed by atoms with Gasteiger partial charge in [0.2, 0.25) is 5.91 Å². The number of nitrogens with zero attached hydrogens (tertiary/aromatic N) is 1. The molecular formula is C13H15N3O2. The summed E-state index contributed by atoms with van der Waals surface area (Å²) >= 11 is 0. The average Bonchev–Trinajstić information content (AvgIpc) is 2.90. The van der Waals surface area contributed by atoms with Crippen molar-refractivity contribution in [3.63, 3.8) is 0 Å². The van der Waals surface area contributed by atoms with Gasteiger partial charge in [-0.2, -0.15) is 0 Å². The van der Waals surface area contributed by atoms with Gasteiger partial charge in [0.25, 0.3) is 0 Å². The molecule has 0 fully saturated rings. The average molecular weight is 245 g/mol. The molecule has 1 aromatic carbocycles. The van der Waals surface area contributed by atoms with E-state index in [9.17, 15) is 4.79 Å². The van der Waals surface area contributed by atoms with Crippen LogP contribution >= 0.6 is 0 Å². The number of rotatable bonds is 5. The minimum Gasteiger partial charge on any atom is -0.363 e. The van der Waals surface area contributed by atoms with Crippen molar-refractivity contribution in [3.05, 3.63) is 48.4 Å². The Bertz CT molecular complexity index is 482. The number of nitrogens with two attached hydrogens (primary N) is 1. The highest BCUT2D eigenvalue weighted by Gasteiger charge is 2.09. The third kappa shape index (κ3) is 3.43. The summed E-state index contributed by atoms with van der Waals surface area (Å²) in [6, 6.07) is 9.61. The summed E-state index contributed by atoms with van der Waals surface area (Å²) in [6.07, 6.45) is 3.80. The van der Waals surface area contributed by atoms with Gasteiger partial charge in [0, 0.05) is 12.5 Å². The predicted octanol–water partition coefficient (Wildman–Crippen LogP) is 2.09. The minimum absolute atomic E-state index is 0.0930. The quantitative estimate of drug-likeness (QED) is 0.845. The Morgan fingerprint density at radius 2 is 2.17 bits per heavy atom. The monoisotopic (exact) mass is 245 g/mol. The number of aromatic nitrogens is 1. The van der Waals surface area contributed by atoms with E-state index in [2.05, 4.69) is 15.0 Å². The zero-order valence-electron chi connectivity index (χ0n) is 9.87. The SMILES string of the molecule is NC(CCC(=O)Nc1cnoc1)c1ccccc1. The Balaban J connectivity index is 1.79. The van der Waals surface area contributed by atoms with Gasteiger partial charge in [0.05, 0.1) is 6.20 Å². The molecule has 94 valence electrons. The van der Waals surface area contributed by atoms with Crippen LogP contribution in [0, 0.1) is 0 Å². The van der Waals surface area contributed by atoms with Crippen LogP contribution < -0.4 is 11.1 Å². The van der Waals surface area contributed by atoms with Crippen LogP contribution in [0.2, 0.25) is 0 Å². The van der Waals surface area contributed by atoms with Crippen LogP contribution in [-0.4, -0.2) is 11.1 Å². The molecular weight excluding hydrogens is 230 g/mol. The van der Waals surface area contributed by atoms with Crippen molar-refractivity contribution < 1.29 is 9.32 Å². The fraction of sp³-hybridized carbons (Fsp3) is 0.231. The summed E-state index contributed by atoms with van der Waals surface area (Å²) in [6.45, 7) is 0. The van der Waals surface area contributed by atoms with E-state index in [1.165, 1.54) is 12.5 Å². The van der Waals surface area contributed by atoms with Crippen LogP contribution in [0.15, 0.2) is 47.3 Å². The molecule has 1 atom stereocenters. The second-order valence-electron chi connectivity index (χ2n) is 4.02. The topological polar surface area (TPSA) is 81.2 Å². The van der Waals surface area contributed by atoms with Crippen molar-refractivity contribution >= 4 is 11.6 Å². The van der Waals surface area contributed by atoms with Crippen molar-refractivity contribution in [2.75, 3.05) is 5.32 Å². The largest absolute Gasteiger partial charge is 0.363 e. The van der Waals surface area contributed by atoms with Crippen LogP contribution in [0.5, 0.6) is 0 Å². The smallest absolute Gasteiger partial charge is 0.224 e. The van der Waals surface area contributed by atoms with Gasteiger partial charge in [-0.1, -0.05) is 35.5 Å². The fourth-order valence-electron chi connectivity index (χ4n) is 1.64. The maximum atomic E-state index is 11.6. The first kappa shape index (κ1) is 12.3. The molecule has 0 aliphatic heterocycles. The number of amides is 1. The van der Waals surface area contributed by atoms with Gasteiger partial charge in [-0.15, -0.1) is 0 Å². The highest BCUT2D eigenvalue weighted by Crippen LogP contribution is 2.15. The number of anilines is 1. The summed E-state index contributed by atoms with van der Waals surface area (Å²) in [4.78, 5) is 11.6. The third-order valence-corrected chi connectivity index (χ3v) is 2.63. The predicted molar refractivity (Wildman–Crippen MR) is 67.7 cm³/mol. The number of hydrogen-bond acceptors (Lipinski definition) is 4. The number of carbonyl (C=O) groups excluding carboxylic acids is 1. The van der Waals surface area contributed by atoms with Crippen molar-refractivity contribution in [1.82, 2.24) is 5.16 Å². The first-order valence-electron chi connectivity index (χ1n) is 5.75. The van der Waals surface area contributed by atoms with E-state index in [0.717, 1.165) is 5.56 Å². The standard InChI is InChI=1S/C13H15N3O2/c14-12(10-4-2-1-3-5-10)6-7-13(17)16-11-8-15-18-9-11/h1-5,8-9,12H,6-7,14H2,(H,16,17). The maximum Gasteiger partial charge on any atom is 0.224 e. The molecule has 0 bridgehead atoms. The zero-order chi connectivity index (χ0) is 12.8. The van der Waals surface area contributed by atoms with Gasteiger partial charge in [-0.25, -0.2) is 0 Å². The van der Waals surface area contributed by atoms with Crippen LogP contribution in [0.25, 0.3) is 0 Å². The van der Waals surface area contributed by atoms with Crippen molar-refractivity contribution in [2.24, 2.45) is 5.73 Å². The fourth-order valence-corrected chi connectivity index (χ4v) is 1.64. The molecule has 0 aliphatic rings. The Morgan fingerprint density at radius 1 is 1.39 bits per heavy atom. The molecule has 0 radical (unpaired) electrons. The molecule has 0 saturated carbocycles. The number of nitrogens with one attached hydrogen (secondary N) is 1. The lowest BCUT2D eigenvalue weighted by molar-refractivity contribution is -0.116. The van der Waals surface area contributed by atoms with Gasteiger partial charge < -0.3 is 15.6 Å². The van der Waals surface area contributed by atoms with Gasteiger partial charge in [-0.05, 0) is 12.0 Å². The maximum absolute atomic E-state index is 11.6. The van der Waals surface area contributed by atoms with E-state index in [1.807, 2.05) is 30.3 Å². The van der Waals surface area contributed by atoms with Crippen LogP contribution in [0.1, 0.15) is 24.4 Å². The molecule has 0 spiro atoms. The lowest BCUT2D eigenvalue weighted by Gasteiger charge is -2.11.